The van der Waals surface area contributed by atoms with Gasteiger partial charge in [-0.2, -0.15) is 0 Å². The molecule has 2 N–H and O–H groups in total. The molecule has 2 unspecified atom stereocenters. The van der Waals surface area contributed by atoms with Crippen molar-refractivity contribution >= 4 is 33.5 Å². The second kappa shape index (κ2) is 14.0. The van der Waals surface area contributed by atoms with Crippen LogP contribution in [-0.4, -0.2) is 61.3 Å². The van der Waals surface area contributed by atoms with Crippen LogP contribution in [0.2, 0.25) is 0 Å². The molecule has 0 aliphatic carbocycles. The van der Waals surface area contributed by atoms with Crippen LogP contribution in [0.4, 0.5) is 0 Å². The summed E-state index contributed by atoms with van der Waals surface area (Å²) in [4.78, 5) is 64.5. The number of aromatic nitrogens is 3. The molecule has 12 nitrogen and oxygen atoms in total. The lowest BCUT2D eigenvalue weighted by atomic mass is 10.1. The van der Waals surface area contributed by atoms with Crippen LogP contribution in [0.5, 0.6) is 0 Å². The number of hydrogen-bond acceptors (Lipinski definition) is 9. The maximum absolute atomic E-state index is 13.3. The summed E-state index contributed by atoms with van der Waals surface area (Å²) in [6, 6.07) is 24.8. The number of allylic oxidation sites excluding steroid dienone is 1. The molecule has 0 fully saturated rings. The minimum atomic E-state index is -1.49. The molecule has 46 heavy (non-hydrogen) atoms. The lowest BCUT2D eigenvalue weighted by Gasteiger charge is -2.18. The fourth-order valence-corrected chi connectivity index (χ4v) is 4.95. The molecule has 0 saturated carbocycles. The fraction of sp³-hybridized carbons (Fsp3) is 0.206. The average molecular weight is 626 g/mol. The zero-order valence-corrected chi connectivity index (χ0v) is 24.7. The first-order valence-electron chi connectivity index (χ1n) is 14.4. The first-order valence-corrected chi connectivity index (χ1v) is 14.4. The van der Waals surface area contributed by atoms with Crippen LogP contribution in [0.25, 0.3) is 21.5 Å². The Kier molecular flexibility index (Phi) is 9.70. The van der Waals surface area contributed by atoms with Gasteiger partial charge >= 0.3 is 29.0 Å². The van der Waals surface area contributed by atoms with Crippen molar-refractivity contribution in [3.63, 3.8) is 0 Å². The molecule has 236 valence electrons. The highest BCUT2D eigenvalue weighted by atomic mass is 16.5. The molecule has 0 aliphatic heterocycles. The molecule has 0 radical (unpaired) electrons. The quantitative estimate of drug-likeness (QED) is 0.156. The van der Waals surface area contributed by atoms with E-state index in [4.69, 9.17) is 9.47 Å². The minimum absolute atomic E-state index is 0.250. The van der Waals surface area contributed by atoms with E-state index < -0.39 is 67.5 Å². The van der Waals surface area contributed by atoms with E-state index in [9.17, 15) is 34.2 Å². The number of aliphatic hydroxyl groups excluding tert-OH is 2. The lowest BCUT2D eigenvalue weighted by Crippen LogP contribution is -2.56. The number of benzene rings is 4. The van der Waals surface area contributed by atoms with Crippen molar-refractivity contribution in [1.29, 1.82) is 0 Å². The molecule has 12 heteroatoms. The lowest BCUT2D eigenvalue weighted by molar-refractivity contribution is 0.0189. The van der Waals surface area contributed by atoms with Crippen LogP contribution in [0, 0.1) is 0 Å². The third kappa shape index (κ3) is 7.04. The molecule has 2 atom stereocenters. The Labute approximate surface area is 261 Å². The monoisotopic (exact) mass is 625 g/mol. The van der Waals surface area contributed by atoms with Crippen molar-refractivity contribution in [2.45, 2.75) is 31.8 Å². The number of nitrogens with zero attached hydrogens (tertiary/aromatic N) is 3. The van der Waals surface area contributed by atoms with E-state index in [0.29, 0.717) is 13.7 Å². The third-order valence-electron chi connectivity index (χ3n) is 7.27. The fourth-order valence-electron chi connectivity index (χ4n) is 4.95. The molecule has 1 heterocycles. The van der Waals surface area contributed by atoms with Gasteiger partial charge in [-0.3, -0.25) is 0 Å². The Morgan fingerprint density at radius 3 is 1.43 bits per heavy atom. The normalized spacial score (nSPS) is 12.5. The van der Waals surface area contributed by atoms with Gasteiger partial charge in [0.2, 0.25) is 0 Å². The molecule has 4 aromatic carbocycles. The van der Waals surface area contributed by atoms with E-state index in [-0.39, 0.29) is 17.7 Å². The number of carbonyl (C=O) groups is 2. The van der Waals surface area contributed by atoms with E-state index >= 15 is 0 Å². The molecule has 0 spiro atoms. The van der Waals surface area contributed by atoms with Crippen LogP contribution in [0.3, 0.4) is 0 Å². The van der Waals surface area contributed by atoms with E-state index in [1.807, 2.05) is 48.5 Å². The second-order valence-electron chi connectivity index (χ2n) is 10.6. The minimum Gasteiger partial charge on any atom is -0.459 e. The Morgan fingerprint density at radius 2 is 1.02 bits per heavy atom. The highest BCUT2D eigenvalue weighted by molar-refractivity contribution is 5.96. The van der Waals surface area contributed by atoms with E-state index in [0.717, 1.165) is 21.5 Å². The SMILES string of the molecule is C=CCn1c(=O)n(CC(O)COC(=O)c2ccc3ccccc3c2)c(=O)n(CC(O)COC(=O)c2ccc3ccccc3c2)c1=O. The van der Waals surface area contributed by atoms with Crippen LogP contribution in [0.1, 0.15) is 20.7 Å². The number of rotatable bonds is 12. The second-order valence-corrected chi connectivity index (χ2v) is 10.6. The molecule has 1 aromatic heterocycles. The van der Waals surface area contributed by atoms with Gasteiger partial charge in [0.15, 0.2) is 0 Å². The maximum atomic E-state index is 13.3. The Balaban J connectivity index is 1.27. The molecular weight excluding hydrogens is 594 g/mol. The van der Waals surface area contributed by atoms with Gasteiger partial charge in [0, 0.05) is 0 Å². The predicted octanol–water partition coefficient (Wildman–Crippen LogP) is 2.10. The van der Waals surface area contributed by atoms with Crippen LogP contribution >= 0.6 is 0 Å². The van der Waals surface area contributed by atoms with E-state index in [1.54, 1.807) is 36.4 Å². The number of hydrogen-bond donors (Lipinski definition) is 2. The van der Waals surface area contributed by atoms with Crippen molar-refractivity contribution in [2.24, 2.45) is 0 Å². The highest BCUT2D eigenvalue weighted by Gasteiger charge is 2.21. The van der Waals surface area contributed by atoms with Gasteiger partial charge in [-0.05, 0) is 45.8 Å². The smallest absolute Gasteiger partial charge is 0.338 e. The van der Waals surface area contributed by atoms with Gasteiger partial charge in [-0.1, -0.05) is 66.7 Å². The van der Waals surface area contributed by atoms with Crippen LogP contribution in [-0.2, 0) is 29.1 Å². The summed E-state index contributed by atoms with van der Waals surface area (Å²) < 4.78 is 12.3. The number of aliphatic hydroxyl groups is 2. The van der Waals surface area contributed by atoms with Gasteiger partial charge < -0.3 is 19.7 Å². The average Bonchev–Trinajstić information content (AvgIpc) is 3.07. The summed E-state index contributed by atoms with van der Waals surface area (Å²) in [6.45, 7) is 0.924. The van der Waals surface area contributed by atoms with Crippen LogP contribution in [0.15, 0.2) is 112 Å². The predicted molar refractivity (Wildman–Crippen MR) is 170 cm³/mol. The summed E-state index contributed by atoms with van der Waals surface area (Å²) in [5.74, 6) is -1.43. The molecule has 0 bridgehead atoms. The van der Waals surface area contributed by atoms with E-state index in [2.05, 4.69) is 6.58 Å². The van der Waals surface area contributed by atoms with Crippen molar-refractivity contribution in [2.75, 3.05) is 13.2 Å². The molecule has 0 aliphatic rings. The first-order chi connectivity index (χ1) is 22.2. The Morgan fingerprint density at radius 1 is 0.630 bits per heavy atom. The van der Waals surface area contributed by atoms with Crippen molar-refractivity contribution < 1.29 is 29.3 Å². The summed E-state index contributed by atoms with van der Waals surface area (Å²) in [5, 5.41) is 24.7. The maximum Gasteiger partial charge on any atom is 0.338 e. The highest BCUT2D eigenvalue weighted by Crippen LogP contribution is 2.17. The van der Waals surface area contributed by atoms with Gasteiger partial charge in [-0.25, -0.2) is 37.7 Å². The number of esters is 2. The number of fused-ring (bicyclic) bond motifs is 2. The van der Waals surface area contributed by atoms with E-state index in [1.165, 1.54) is 6.08 Å². The zero-order chi connectivity index (χ0) is 32.8. The van der Waals surface area contributed by atoms with Gasteiger partial charge in [0.25, 0.3) is 0 Å². The Hall–Kier alpha value is -5.59. The standard InChI is InChI=1S/C34H31N3O9/c1-2-15-35-32(42)36(18-28(38)20-45-30(40)26-13-11-22-7-3-5-9-24(22)16-26)34(44)37(33(35)43)19-29(39)21-46-31(41)27-14-12-23-8-4-6-10-25(23)17-27/h2-14,16-17,28-29,38-39H,1,15,18-21H2. The molecule has 5 rings (SSSR count). The van der Waals surface area contributed by atoms with Crippen molar-refractivity contribution in [3.05, 3.63) is 140 Å². The summed E-state index contributed by atoms with van der Waals surface area (Å²) >= 11 is 0. The van der Waals surface area contributed by atoms with Gasteiger partial charge in [-0.15, -0.1) is 6.58 Å². The largest absolute Gasteiger partial charge is 0.459 e. The van der Waals surface area contributed by atoms with Gasteiger partial charge in [0.05, 0.1) is 30.8 Å². The van der Waals surface area contributed by atoms with Crippen molar-refractivity contribution in [3.8, 4) is 0 Å². The van der Waals surface area contributed by atoms with Crippen molar-refractivity contribution in [1.82, 2.24) is 13.7 Å². The van der Waals surface area contributed by atoms with Gasteiger partial charge in [0.1, 0.15) is 25.4 Å². The first kappa shape index (κ1) is 31.8. The zero-order valence-electron chi connectivity index (χ0n) is 24.7. The summed E-state index contributed by atoms with van der Waals surface area (Å²) in [5.41, 5.74) is -2.66. The summed E-state index contributed by atoms with van der Waals surface area (Å²) in [6.07, 6.45) is -1.72. The molecule has 0 amide bonds. The molecule has 5 aromatic rings. The topological polar surface area (TPSA) is 159 Å². The van der Waals surface area contributed by atoms with Crippen LogP contribution < -0.4 is 17.1 Å². The molecule has 0 saturated heterocycles. The summed E-state index contributed by atoms with van der Waals surface area (Å²) in [7, 11) is 0. The molecular formula is C34H31N3O9. The number of ether oxygens (including phenoxy) is 2. The number of carbonyl (C=O) groups excluding carboxylic acids is 2. The Bertz CT molecular complexity index is 1970. The third-order valence-corrected chi connectivity index (χ3v) is 7.27.